The van der Waals surface area contributed by atoms with Gasteiger partial charge in [-0.15, -0.1) is 0 Å². The van der Waals surface area contributed by atoms with Crippen molar-refractivity contribution in [3.8, 4) is 0 Å². The van der Waals surface area contributed by atoms with E-state index in [0.717, 1.165) is 11.3 Å². The van der Waals surface area contributed by atoms with Gasteiger partial charge in [0.15, 0.2) is 0 Å². The zero-order valence-corrected chi connectivity index (χ0v) is 14.0. The highest BCUT2D eigenvalue weighted by Gasteiger charge is 2.66. The summed E-state index contributed by atoms with van der Waals surface area (Å²) >= 11 is 0. The predicted molar refractivity (Wildman–Crippen MR) is 91.0 cm³/mol. The number of imide groups is 1. The number of benzene rings is 1. The molecule has 2 saturated carbocycles. The molecule has 0 radical (unpaired) electrons. The predicted octanol–water partition coefficient (Wildman–Crippen LogP) is 2.73. The van der Waals surface area contributed by atoms with E-state index in [2.05, 4.69) is 37.4 Å². The molecule has 1 heterocycles. The molecule has 0 spiro atoms. The van der Waals surface area contributed by atoms with E-state index in [1.165, 1.54) is 16.9 Å². The average Bonchev–Trinajstić information content (AvgIpc) is 3.35. The number of nitrogens with one attached hydrogen (secondary N) is 1. The van der Waals surface area contributed by atoms with Gasteiger partial charge in [-0.25, -0.2) is 0 Å². The molecule has 6 atom stereocenters. The molecule has 124 valence electrons. The fraction of sp³-hybridized carbons (Fsp3) is 0.500. The van der Waals surface area contributed by atoms with Crippen molar-refractivity contribution in [3.05, 3.63) is 41.5 Å². The van der Waals surface area contributed by atoms with E-state index in [1.54, 1.807) is 0 Å². The minimum Gasteiger partial charge on any atom is -0.367 e. The van der Waals surface area contributed by atoms with Crippen molar-refractivity contribution < 1.29 is 9.59 Å². The van der Waals surface area contributed by atoms with Crippen LogP contribution in [-0.4, -0.2) is 23.4 Å². The highest BCUT2D eigenvalue weighted by atomic mass is 16.2. The van der Waals surface area contributed by atoms with Gasteiger partial charge in [-0.2, -0.15) is 0 Å². The van der Waals surface area contributed by atoms with Crippen molar-refractivity contribution in [2.75, 3.05) is 12.0 Å². The molecule has 3 fully saturated rings. The van der Waals surface area contributed by atoms with Gasteiger partial charge in [0.05, 0.1) is 18.5 Å². The second kappa shape index (κ2) is 4.71. The Morgan fingerprint density at radius 2 is 1.67 bits per heavy atom. The largest absolute Gasteiger partial charge is 0.367 e. The van der Waals surface area contributed by atoms with Crippen molar-refractivity contribution in [1.82, 2.24) is 4.90 Å². The summed E-state index contributed by atoms with van der Waals surface area (Å²) in [4.78, 5) is 27.3. The molecule has 1 aliphatic heterocycles. The molecule has 4 aliphatic carbocycles. The summed E-state index contributed by atoms with van der Waals surface area (Å²) in [5.74, 6) is 1.78. The quantitative estimate of drug-likeness (QED) is 0.688. The lowest BCUT2D eigenvalue weighted by atomic mass is 9.63. The Hall–Kier alpha value is -2.10. The van der Waals surface area contributed by atoms with Crippen LogP contribution in [0.2, 0.25) is 0 Å². The number of hydrogen-bond acceptors (Lipinski definition) is 3. The van der Waals surface area contributed by atoms with E-state index in [-0.39, 0.29) is 30.3 Å². The Morgan fingerprint density at radius 1 is 1.04 bits per heavy atom. The van der Waals surface area contributed by atoms with Gasteiger partial charge in [-0.05, 0) is 61.1 Å². The summed E-state index contributed by atoms with van der Waals surface area (Å²) in [5.41, 5.74) is 3.36. The molecule has 1 saturated heterocycles. The molecule has 1 aromatic rings. The average molecular weight is 322 g/mol. The molecular weight excluding hydrogens is 300 g/mol. The van der Waals surface area contributed by atoms with Gasteiger partial charge < -0.3 is 5.32 Å². The number of carbonyl (C=O) groups is 2. The SMILES string of the molecule is Cc1cccc(NCN2C(=O)C3C4C=CC(C5CC45)C3C2=O)c1C. The van der Waals surface area contributed by atoms with Crippen molar-refractivity contribution >= 4 is 17.5 Å². The molecule has 5 aliphatic rings. The summed E-state index contributed by atoms with van der Waals surface area (Å²) < 4.78 is 0. The number of aryl methyl sites for hydroxylation is 1. The summed E-state index contributed by atoms with van der Waals surface area (Å²) in [7, 11) is 0. The van der Waals surface area contributed by atoms with Crippen molar-refractivity contribution in [2.45, 2.75) is 20.3 Å². The summed E-state index contributed by atoms with van der Waals surface area (Å²) in [6.07, 6.45) is 5.64. The molecule has 6 rings (SSSR count). The first-order valence-corrected chi connectivity index (χ1v) is 8.91. The summed E-state index contributed by atoms with van der Waals surface area (Å²) in [5, 5.41) is 3.30. The monoisotopic (exact) mass is 322 g/mol. The van der Waals surface area contributed by atoms with Crippen LogP contribution in [0.25, 0.3) is 0 Å². The molecule has 4 heteroatoms. The van der Waals surface area contributed by atoms with Crippen LogP contribution >= 0.6 is 0 Å². The molecule has 1 aromatic carbocycles. The maximum Gasteiger partial charge on any atom is 0.235 e. The highest BCUT2D eigenvalue weighted by Crippen LogP contribution is 2.65. The lowest BCUT2D eigenvalue weighted by Crippen LogP contribution is -2.40. The first-order valence-electron chi connectivity index (χ1n) is 8.91. The van der Waals surface area contributed by atoms with Crippen molar-refractivity contribution in [2.24, 2.45) is 35.5 Å². The minimum absolute atomic E-state index is 0.0347. The summed E-state index contributed by atoms with van der Waals surface area (Å²) in [6.45, 7) is 4.41. The van der Waals surface area contributed by atoms with Gasteiger partial charge in [0.25, 0.3) is 0 Å². The number of rotatable bonds is 3. The molecule has 24 heavy (non-hydrogen) atoms. The van der Waals surface area contributed by atoms with Crippen LogP contribution in [0.3, 0.4) is 0 Å². The van der Waals surface area contributed by atoms with Gasteiger partial charge >= 0.3 is 0 Å². The first-order chi connectivity index (χ1) is 11.6. The summed E-state index contributed by atoms with van der Waals surface area (Å²) in [6, 6.07) is 6.06. The van der Waals surface area contributed by atoms with E-state index < -0.39 is 0 Å². The number of carbonyl (C=O) groups excluding carboxylic acids is 2. The Bertz CT molecular complexity index is 748. The number of anilines is 1. The molecule has 0 aromatic heterocycles. The number of hydrogen-bond donors (Lipinski definition) is 1. The van der Waals surface area contributed by atoms with Gasteiger partial charge in [0.2, 0.25) is 11.8 Å². The highest BCUT2D eigenvalue weighted by molar-refractivity contribution is 6.06. The zero-order chi connectivity index (χ0) is 16.6. The van der Waals surface area contributed by atoms with Crippen LogP contribution in [0.15, 0.2) is 30.4 Å². The van der Waals surface area contributed by atoms with Crippen LogP contribution in [0.1, 0.15) is 17.5 Å². The smallest absolute Gasteiger partial charge is 0.235 e. The Labute approximate surface area is 141 Å². The topological polar surface area (TPSA) is 49.4 Å². The Kier molecular flexibility index (Phi) is 2.80. The number of allylic oxidation sites excluding steroid dienone is 2. The van der Waals surface area contributed by atoms with Gasteiger partial charge in [-0.1, -0.05) is 24.3 Å². The third kappa shape index (κ3) is 1.74. The van der Waals surface area contributed by atoms with E-state index in [9.17, 15) is 9.59 Å². The zero-order valence-electron chi connectivity index (χ0n) is 14.0. The lowest BCUT2D eigenvalue weighted by Gasteiger charge is -2.37. The number of likely N-dealkylation sites (tertiary alicyclic amines) is 1. The standard InChI is InChI=1S/C20H22N2O2/c1-10-4-3-5-16(11(10)2)21-9-22-19(23)17-12-6-7-13(15-8-14(12)15)18(17)20(22)24/h3-7,12-15,17-18,21H,8-9H2,1-2H3. The third-order valence-corrected chi connectivity index (χ3v) is 6.79. The van der Waals surface area contributed by atoms with Gasteiger partial charge in [0, 0.05) is 5.69 Å². The van der Waals surface area contributed by atoms with E-state index >= 15 is 0 Å². The van der Waals surface area contributed by atoms with Crippen LogP contribution in [-0.2, 0) is 9.59 Å². The first kappa shape index (κ1) is 14.3. The molecule has 2 bridgehead atoms. The van der Waals surface area contributed by atoms with Gasteiger partial charge in [0.1, 0.15) is 0 Å². The molecule has 4 nitrogen and oxygen atoms in total. The third-order valence-electron chi connectivity index (χ3n) is 6.79. The Morgan fingerprint density at radius 3 is 2.29 bits per heavy atom. The molecular formula is C20H22N2O2. The fourth-order valence-corrected chi connectivity index (χ4v) is 5.28. The number of amides is 2. The van der Waals surface area contributed by atoms with E-state index in [0.29, 0.717) is 23.7 Å². The maximum atomic E-state index is 12.9. The van der Waals surface area contributed by atoms with Gasteiger partial charge in [-0.3, -0.25) is 14.5 Å². The maximum absolute atomic E-state index is 12.9. The van der Waals surface area contributed by atoms with E-state index in [1.807, 2.05) is 12.1 Å². The van der Waals surface area contributed by atoms with Crippen molar-refractivity contribution in [1.29, 1.82) is 0 Å². The molecule has 6 unspecified atom stereocenters. The Balaban J connectivity index is 1.38. The second-order valence-corrected chi connectivity index (χ2v) is 7.84. The van der Waals surface area contributed by atoms with Crippen molar-refractivity contribution in [3.63, 3.8) is 0 Å². The molecule has 2 amide bonds. The second-order valence-electron chi connectivity index (χ2n) is 7.84. The fourth-order valence-electron chi connectivity index (χ4n) is 5.28. The lowest BCUT2D eigenvalue weighted by molar-refractivity contribution is -0.139. The van der Waals surface area contributed by atoms with Crippen LogP contribution in [0.4, 0.5) is 5.69 Å². The molecule has 1 N–H and O–H groups in total. The van der Waals surface area contributed by atoms with Crippen LogP contribution in [0.5, 0.6) is 0 Å². The normalized spacial score (nSPS) is 38.3. The van der Waals surface area contributed by atoms with Crippen LogP contribution < -0.4 is 5.32 Å². The van der Waals surface area contributed by atoms with E-state index in [4.69, 9.17) is 0 Å². The van der Waals surface area contributed by atoms with Crippen LogP contribution in [0, 0.1) is 49.4 Å². The minimum atomic E-state index is -0.100. The number of nitrogens with zero attached hydrogens (tertiary/aromatic N) is 1.